The Hall–Kier alpha value is -1.76. The van der Waals surface area contributed by atoms with Gasteiger partial charge in [0.2, 0.25) is 12.2 Å². The summed E-state index contributed by atoms with van der Waals surface area (Å²) in [5, 5.41) is 0. The highest BCUT2D eigenvalue weighted by atomic mass is 16.1. The maximum Gasteiger partial charge on any atom is 0.240 e. The maximum absolute atomic E-state index is 10.0. The van der Waals surface area contributed by atoms with E-state index in [4.69, 9.17) is 0 Å². The van der Waals surface area contributed by atoms with Crippen LogP contribution in [0.5, 0.6) is 0 Å². The third-order valence-corrected chi connectivity index (χ3v) is 1.83. The summed E-state index contributed by atoms with van der Waals surface area (Å²) in [7, 11) is 0. The predicted octanol–water partition coefficient (Wildman–Crippen LogP) is 1.26. The molecule has 0 aliphatic heterocycles. The first-order valence-electron chi connectivity index (χ1n) is 3.81. The zero-order valence-electron chi connectivity index (χ0n) is 7.15. The molecule has 1 unspecified atom stereocenters. The summed E-state index contributed by atoms with van der Waals surface area (Å²) in [6, 6.07) is -0.150. The Morgan fingerprint density at radius 2 is 2.23 bits per heavy atom. The predicted molar refractivity (Wildman–Crippen MR) is 46.5 cm³/mol. The van der Waals surface area contributed by atoms with Crippen molar-refractivity contribution in [2.24, 2.45) is 9.98 Å². The number of isocyanates is 2. The molecule has 0 aromatic carbocycles. The van der Waals surface area contributed by atoms with Gasteiger partial charge >= 0.3 is 0 Å². The van der Waals surface area contributed by atoms with Crippen molar-refractivity contribution in [3.8, 4) is 0 Å². The molecule has 1 rings (SSSR count). The number of hydrogen-bond acceptors (Lipinski definition) is 4. The molecule has 0 bridgehead atoms. The number of rotatable bonds is 2. The van der Waals surface area contributed by atoms with Crippen molar-refractivity contribution in [2.45, 2.75) is 19.4 Å². The van der Waals surface area contributed by atoms with Gasteiger partial charge in [-0.25, -0.2) is 9.59 Å². The summed E-state index contributed by atoms with van der Waals surface area (Å²) in [5.41, 5.74) is 1.48. The molecule has 0 N–H and O–H groups in total. The van der Waals surface area contributed by atoms with Gasteiger partial charge in [0.1, 0.15) is 0 Å². The topological polar surface area (TPSA) is 58.9 Å². The minimum atomic E-state index is -0.150. The van der Waals surface area contributed by atoms with Crippen LogP contribution in [0.25, 0.3) is 0 Å². The van der Waals surface area contributed by atoms with Gasteiger partial charge in [-0.1, -0.05) is 6.08 Å². The second-order valence-corrected chi connectivity index (χ2v) is 2.69. The summed E-state index contributed by atoms with van der Waals surface area (Å²) in [6.45, 7) is 1.83. The molecule has 0 fully saturated rings. The van der Waals surface area contributed by atoms with Gasteiger partial charge in [-0.05, 0) is 25.0 Å². The lowest BCUT2D eigenvalue weighted by Crippen LogP contribution is -2.08. The van der Waals surface area contributed by atoms with E-state index < -0.39 is 0 Å². The molecular weight excluding hydrogens is 168 g/mol. The van der Waals surface area contributed by atoms with E-state index in [9.17, 15) is 9.59 Å². The summed E-state index contributed by atoms with van der Waals surface area (Å²) in [4.78, 5) is 27.0. The van der Waals surface area contributed by atoms with Crippen molar-refractivity contribution in [1.29, 1.82) is 0 Å². The van der Waals surface area contributed by atoms with Crippen LogP contribution in [-0.4, -0.2) is 18.2 Å². The minimum Gasteiger partial charge on any atom is -0.211 e. The van der Waals surface area contributed by atoms with Crippen LogP contribution in [0.2, 0.25) is 0 Å². The second kappa shape index (κ2) is 4.31. The van der Waals surface area contributed by atoms with Crippen molar-refractivity contribution in [2.75, 3.05) is 0 Å². The van der Waals surface area contributed by atoms with Gasteiger partial charge in [-0.15, -0.1) is 0 Å². The quantitative estimate of drug-likeness (QED) is 0.469. The van der Waals surface area contributed by atoms with Crippen molar-refractivity contribution in [1.82, 2.24) is 0 Å². The highest BCUT2D eigenvalue weighted by Crippen LogP contribution is 2.20. The molecule has 13 heavy (non-hydrogen) atoms. The maximum atomic E-state index is 10.0. The van der Waals surface area contributed by atoms with Gasteiger partial charge in [0.25, 0.3) is 0 Å². The van der Waals surface area contributed by atoms with Crippen molar-refractivity contribution >= 4 is 12.2 Å². The lowest BCUT2D eigenvalue weighted by molar-refractivity contribution is 0.558. The molecular formula is C9H8N2O2. The number of allylic oxidation sites excluding steroid dienone is 1. The summed E-state index contributed by atoms with van der Waals surface area (Å²) in [5.74, 6) is 0. The third kappa shape index (κ3) is 2.34. The van der Waals surface area contributed by atoms with Crippen LogP contribution in [-0.2, 0) is 9.59 Å². The lowest BCUT2D eigenvalue weighted by atomic mass is 10.00. The number of carbonyl (C=O) groups excluding carboxylic acids is 2. The summed E-state index contributed by atoms with van der Waals surface area (Å²) < 4.78 is 0. The molecule has 0 heterocycles. The molecule has 66 valence electrons. The molecule has 0 aromatic rings. The molecule has 0 saturated carbocycles. The minimum absolute atomic E-state index is 0.150. The molecule has 0 amide bonds. The van der Waals surface area contributed by atoms with E-state index in [1.165, 1.54) is 12.2 Å². The average molecular weight is 176 g/mol. The molecule has 0 radical (unpaired) electrons. The summed E-state index contributed by atoms with van der Waals surface area (Å²) >= 11 is 0. The largest absolute Gasteiger partial charge is 0.240 e. The van der Waals surface area contributed by atoms with Crippen LogP contribution < -0.4 is 0 Å². The molecule has 4 heteroatoms. The zero-order chi connectivity index (χ0) is 9.68. The van der Waals surface area contributed by atoms with Crippen LogP contribution in [0, 0.1) is 0 Å². The molecule has 0 spiro atoms. The van der Waals surface area contributed by atoms with Gasteiger partial charge in [0.05, 0.1) is 11.7 Å². The molecule has 1 aliphatic rings. The van der Waals surface area contributed by atoms with E-state index in [-0.39, 0.29) is 6.04 Å². The van der Waals surface area contributed by atoms with Crippen LogP contribution in [0.4, 0.5) is 0 Å². The number of aliphatic imine (C=N–C) groups is 2. The first kappa shape index (κ1) is 9.33. The van der Waals surface area contributed by atoms with Crippen LogP contribution in [0.1, 0.15) is 13.3 Å². The third-order valence-electron chi connectivity index (χ3n) is 1.83. The Bertz CT molecular complexity index is 356. The normalized spacial score (nSPS) is 20.5. The number of hydrogen-bond donors (Lipinski definition) is 0. The van der Waals surface area contributed by atoms with E-state index in [2.05, 4.69) is 9.98 Å². The van der Waals surface area contributed by atoms with E-state index in [0.717, 1.165) is 5.57 Å². The Labute approximate surface area is 75.4 Å². The number of nitrogens with zero attached hydrogens (tertiary/aromatic N) is 2. The molecule has 4 nitrogen and oxygen atoms in total. The van der Waals surface area contributed by atoms with E-state index in [0.29, 0.717) is 12.1 Å². The van der Waals surface area contributed by atoms with Crippen LogP contribution in [0.3, 0.4) is 0 Å². The summed E-state index contributed by atoms with van der Waals surface area (Å²) in [6.07, 6.45) is 7.00. The van der Waals surface area contributed by atoms with Gasteiger partial charge < -0.3 is 0 Å². The molecule has 1 atom stereocenters. The van der Waals surface area contributed by atoms with E-state index in [1.54, 1.807) is 12.2 Å². The van der Waals surface area contributed by atoms with Gasteiger partial charge in [-0.3, -0.25) is 0 Å². The highest BCUT2D eigenvalue weighted by molar-refractivity contribution is 5.43. The van der Waals surface area contributed by atoms with Crippen molar-refractivity contribution in [3.05, 3.63) is 23.4 Å². The first-order chi connectivity index (χ1) is 6.27. The Morgan fingerprint density at radius 1 is 1.46 bits per heavy atom. The second-order valence-electron chi connectivity index (χ2n) is 2.69. The smallest absolute Gasteiger partial charge is 0.211 e. The molecule has 0 saturated heterocycles. The Kier molecular flexibility index (Phi) is 3.09. The fourth-order valence-electron chi connectivity index (χ4n) is 1.16. The van der Waals surface area contributed by atoms with Gasteiger partial charge in [-0.2, -0.15) is 9.98 Å². The highest BCUT2D eigenvalue weighted by Gasteiger charge is 2.12. The van der Waals surface area contributed by atoms with Crippen LogP contribution >= 0.6 is 0 Å². The SMILES string of the molecule is CC1=CC(N=C=O)=CCC1N=C=O. The monoisotopic (exact) mass is 176 g/mol. The Balaban J connectivity index is 2.85. The fourth-order valence-corrected chi connectivity index (χ4v) is 1.16. The van der Waals surface area contributed by atoms with E-state index >= 15 is 0 Å². The van der Waals surface area contributed by atoms with Crippen LogP contribution in [0.15, 0.2) is 33.4 Å². The van der Waals surface area contributed by atoms with Gasteiger partial charge in [0.15, 0.2) is 0 Å². The Morgan fingerprint density at radius 3 is 2.77 bits per heavy atom. The average Bonchev–Trinajstić information content (AvgIpc) is 2.10. The van der Waals surface area contributed by atoms with E-state index in [1.807, 2.05) is 6.92 Å². The zero-order valence-corrected chi connectivity index (χ0v) is 7.15. The molecule has 1 aliphatic carbocycles. The standard InChI is InChI=1S/C9H8N2O2/c1-7-4-8(10-5-12)2-3-9(7)11-6-13/h2,4,9H,3H2,1H3. The van der Waals surface area contributed by atoms with Crippen molar-refractivity contribution < 1.29 is 9.59 Å². The lowest BCUT2D eigenvalue weighted by Gasteiger charge is -2.13. The fraction of sp³-hybridized carbons (Fsp3) is 0.333. The first-order valence-corrected chi connectivity index (χ1v) is 3.81. The van der Waals surface area contributed by atoms with Gasteiger partial charge in [0, 0.05) is 0 Å². The molecule has 0 aromatic heterocycles. The van der Waals surface area contributed by atoms with Crippen molar-refractivity contribution in [3.63, 3.8) is 0 Å².